The van der Waals surface area contributed by atoms with Crippen LogP contribution in [-0.4, -0.2) is 32.4 Å². The number of halogens is 1. The Balaban J connectivity index is 0.00000121. The third-order valence-corrected chi connectivity index (χ3v) is 3.73. The van der Waals surface area contributed by atoms with Crippen LogP contribution in [0, 0.1) is 0 Å². The van der Waals surface area contributed by atoms with Crippen LogP contribution in [0.4, 0.5) is 0 Å². The molecule has 0 aromatic heterocycles. The Morgan fingerprint density at radius 3 is 2.27 bits per heavy atom. The molecule has 0 fully saturated rings. The van der Waals surface area contributed by atoms with Crippen molar-refractivity contribution in [1.82, 2.24) is 5.32 Å². The van der Waals surface area contributed by atoms with Gasteiger partial charge in [0, 0.05) is 24.6 Å². The van der Waals surface area contributed by atoms with Crippen LogP contribution in [0.15, 0.2) is 30.3 Å². The first-order valence-electron chi connectivity index (χ1n) is 6.34. The van der Waals surface area contributed by atoms with Gasteiger partial charge in [0.2, 0.25) is 0 Å². The summed E-state index contributed by atoms with van der Waals surface area (Å²) in [6.07, 6.45) is 0. The molecule has 1 aliphatic heterocycles. The van der Waals surface area contributed by atoms with E-state index in [1.807, 2.05) is 0 Å². The molecule has 0 saturated carbocycles. The second-order valence-electron chi connectivity index (χ2n) is 4.93. The summed E-state index contributed by atoms with van der Waals surface area (Å²) >= 11 is 0. The normalized spacial score (nSPS) is 16.1. The van der Waals surface area contributed by atoms with Crippen LogP contribution in [0.3, 0.4) is 0 Å². The standard InChI is InChI=1S/C15H15NO4.BrH.H2O/c17-12-3-1-8(5-14(12)19)10-6-16-7-11-9(10)2-4-13(18)15(11)20;;/h1-5,10,16-20H,6-7H2;1H;1H2. The summed E-state index contributed by atoms with van der Waals surface area (Å²) in [5.74, 6) is -0.636. The predicted octanol–water partition coefficient (Wildman–Crippen LogP) is 1.50. The summed E-state index contributed by atoms with van der Waals surface area (Å²) < 4.78 is 0. The Labute approximate surface area is 137 Å². The quantitative estimate of drug-likeness (QED) is 0.485. The number of hydrogen-bond acceptors (Lipinski definition) is 5. The van der Waals surface area contributed by atoms with E-state index >= 15 is 0 Å². The molecule has 7 heteroatoms. The molecule has 2 aromatic rings. The van der Waals surface area contributed by atoms with Crippen molar-refractivity contribution in [2.75, 3.05) is 6.54 Å². The molecule has 0 radical (unpaired) electrons. The first-order chi connectivity index (χ1) is 9.58. The molecule has 0 saturated heterocycles. The summed E-state index contributed by atoms with van der Waals surface area (Å²) in [5, 5.41) is 41.7. The second kappa shape index (κ2) is 6.87. The largest absolute Gasteiger partial charge is 0.504 e. The smallest absolute Gasteiger partial charge is 0.162 e. The maximum absolute atomic E-state index is 9.93. The molecule has 7 N–H and O–H groups in total. The van der Waals surface area contributed by atoms with E-state index < -0.39 is 0 Å². The van der Waals surface area contributed by atoms with Gasteiger partial charge in [-0.15, -0.1) is 17.0 Å². The summed E-state index contributed by atoms with van der Waals surface area (Å²) in [7, 11) is 0. The van der Waals surface area contributed by atoms with Gasteiger partial charge >= 0.3 is 0 Å². The summed E-state index contributed by atoms with van der Waals surface area (Å²) in [6, 6.07) is 7.94. The fraction of sp³-hybridized carbons (Fsp3) is 0.200. The zero-order valence-electron chi connectivity index (χ0n) is 11.6. The molecule has 0 spiro atoms. The number of aromatic hydroxyl groups is 4. The molecule has 0 bridgehead atoms. The lowest BCUT2D eigenvalue weighted by Gasteiger charge is -2.27. The maximum Gasteiger partial charge on any atom is 0.162 e. The average molecular weight is 372 g/mol. The van der Waals surface area contributed by atoms with Gasteiger partial charge in [0.1, 0.15) is 0 Å². The SMILES string of the molecule is Br.O.Oc1ccc(C2CNCc3c2ccc(O)c3O)cc1O. The molecular formula is C15H18BrNO5. The highest BCUT2D eigenvalue weighted by atomic mass is 79.9. The number of benzene rings is 2. The highest BCUT2D eigenvalue weighted by molar-refractivity contribution is 8.93. The van der Waals surface area contributed by atoms with Crippen molar-refractivity contribution in [2.24, 2.45) is 0 Å². The van der Waals surface area contributed by atoms with E-state index in [0.717, 1.165) is 11.1 Å². The minimum absolute atomic E-state index is 0. The van der Waals surface area contributed by atoms with E-state index in [9.17, 15) is 20.4 Å². The van der Waals surface area contributed by atoms with Gasteiger partial charge < -0.3 is 31.2 Å². The van der Waals surface area contributed by atoms with E-state index in [-0.39, 0.29) is 51.4 Å². The molecule has 2 aromatic carbocycles. The number of rotatable bonds is 1. The zero-order valence-corrected chi connectivity index (χ0v) is 13.3. The molecule has 0 aliphatic carbocycles. The molecule has 3 rings (SSSR count). The first-order valence-corrected chi connectivity index (χ1v) is 6.34. The Bertz CT molecular complexity index is 677. The Morgan fingerprint density at radius 2 is 1.59 bits per heavy atom. The van der Waals surface area contributed by atoms with Gasteiger partial charge in [0.15, 0.2) is 23.0 Å². The summed E-state index contributed by atoms with van der Waals surface area (Å²) in [6.45, 7) is 1.14. The second-order valence-corrected chi connectivity index (χ2v) is 4.93. The number of nitrogens with one attached hydrogen (secondary N) is 1. The minimum Gasteiger partial charge on any atom is -0.504 e. The maximum atomic E-state index is 9.93. The monoisotopic (exact) mass is 371 g/mol. The summed E-state index contributed by atoms with van der Waals surface area (Å²) in [4.78, 5) is 0. The summed E-state index contributed by atoms with van der Waals surface area (Å²) in [5.41, 5.74) is 2.40. The number of hydrogen-bond donors (Lipinski definition) is 5. The zero-order chi connectivity index (χ0) is 14.3. The van der Waals surface area contributed by atoms with Crippen LogP contribution in [-0.2, 0) is 6.54 Å². The fourth-order valence-corrected chi connectivity index (χ4v) is 2.66. The van der Waals surface area contributed by atoms with Crippen molar-refractivity contribution in [2.45, 2.75) is 12.5 Å². The first kappa shape index (κ1) is 18.1. The van der Waals surface area contributed by atoms with Gasteiger partial charge in [0.25, 0.3) is 0 Å². The van der Waals surface area contributed by atoms with Gasteiger partial charge in [-0.25, -0.2) is 0 Å². The van der Waals surface area contributed by atoms with Crippen molar-refractivity contribution in [3.8, 4) is 23.0 Å². The van der Waals surface area contributed by atoms with Gasteiger partial charge in [0.05, 0.1) is 0 Å². The highest BCUT2D eigenvalue weighted by Crippen LogP contribution is 2.40. The number of phenols is 4. The molecule has 1 aliphatic rings. The van der Waals surface area contributed by atoms with Gasteiger partial charge in [-0.05, 0) is 29.3 Å². The average Bonchev–Trinajstić information content (AvgIpc) is 2.45. The van der Waals surface area contributed by atoms with Gasteiger partial charge in [-0.3, -0.25) is 0 Å². The molecule has 22 heavy (non-hydrogen) atoms. The van der Waals surface area contributed by atoms with E-state index in [4.69, 9.17) is 0 Å². The molecule has 0 amide bonds. The Morgan fingerprint density at radius 1 is 0.909 bits per heavy atom. The highest BCUT2D eigenvalue weighted by Gasteiger charge is 2.25. The number of fused-ring (bicyclic) bond motifs is 1. The van der Waals surface area contributed by atoms with Crippen LogP contribution in [0.1, 0.15) is 22.6 Å². The van der Waals surface area contributed by atoms with Crippen molar-refractivity contribution < 1.29 is 25.9 Å². The molecular weight excluding hydrogens is 354 g/mol. The molecule has 1 atom stereocenters. The Hall–Kier alpha value is -1.96. The minimum atomic E-state index is -0.169. The lowest BCUT2D eigenvalue weighted by atomic mass is 9.85. The van der Waals surface area contributed by atoms with Crippen molar-refractivity contribution >= 4 is 17.0 Å². The third-order valence-electron chi connectivity index (χ3n) is 3.73. The number of phenolic OH excluding ortho intramolecular Hbond substituents is 4. The van der Waals surface area contributed by atoms with E-state index in [0.29, 0.717) is 18.7 Å². The third kappa shape index (κ3) is 2.96. The van der Waals surface area contributed by atoms with Gasteiger partial charge in [-0.2, -0.15) is 0 Å². The fourth-order valence-electron chi connectivity index (χ4n) is 2.66. The molecule has 1 heterocycles. The van der Waals surface area contributed by atoms with Crippen LogP contribution < -0.4 is 5.32 Å². The van der Waals surface area contributed by atoms with E-state index in [1.54, 1.807) is 12.1 Å². The molecule has 6 nitrogen and oxygen atoms in total. The van der Waals surface area contributed by atoms with Crippen molar-refractivity contribution in [3.05, 3.63) is 47.0 Å². The lowest BCUT2D eigenvalue weighted by molar-refractivity contribution is 0.392. The van der Waals surface area contributed by atoms with Crippen LogP contribution in [0.5, 0.6) is 23.0 Å². The predicted molar refractivity (Wildman–Crippen MR) is 87.0 cm³/mol. The van der Waals surface area contributed by atoms with Crippen LogP contribution >= 0.6 is 17.0 Å². The van der Waals surface area contributed by atoms with Crippen molar-refractivity contribution in [1.29, 1.82) is 0 Å². The molecule has 120 valence electrons. The van der Waals surface area contributed by atoms with Gasteiger partial charge in [-0.1, -0.05) is 12.1 Å². The topological polar surface area (TPSA) is 124 Å². The van der Waals surface area contributed by atoms with Crippen molar-refractivity contribution in [3.63, 3.8) is 0 Å². The molecule has 1 unspecified atom stereocenters. The van der Waals surface area contributed by atoms with Crippen LogP contribution in [0.2, 0.25) is 0 Å². The van der Waals surface area contributed by atoms with E-state index in [2.05, 4.69) is 5.32 Å². The van der Waals surface area contributed by atoms with Crippen LogP contribution in [0.25, 0.3) is 0 Å². The Kier molecular flexibility index (Phi) is 5.65. The lowest BCUT2D eigenvalue weighted by Crippen LogP contribution is -2.28. The van der Waals surface area contributed by atoms with E-state index in [1.165, 1.54) is 18.2 Å².